The summed E-state index contributed by atoms with van der Waals surface area (Å²) < 4.78 is 34.0. The van der Waals surface area contributed by atoms with Gasteiger partial charge in [0.1, 0.15) is 48.1 Å². The molecule has 4 aliphatic heterocycles. The number of aryl methyl sites for hydroxylation is 1. The highest BCUT2D eigenvalue weighted by Crippen LogP contribution is 2.45. The number of nitrogens with one attached hydrogen (secondary N) is 4. The van der Waals surface area contributed by atoms with Gasteiger partial charge in [-0.2, -0.15) is 0 Å². The molecule has 26 nitrogen and oxygen atoms in total. The number of imide groups is 1. The van der Waals surface area contributed by atoms with E-state index >= 15 is 0 Å². The number of rotatable bonds is 29. The van der Waals surface area contributed by atoms with E-state index in [1.807, 2.05) is 45.0 Å². The first-order valence-electron chi connectivity index (χ1n) is 31.7. The van der Waals surface area contributed by atoms with Gasteiger partial charge in [0, 0.05) is 83.4 Å². The summed E-state index contributed by atoms with van der Waals surface area (Å²) in [6.07, 6.45) is -7.76. The number of benzene rings is 2. The number of hydroxylamine groups is 2. The number of ketones is 2. The Morgan fingerprint density at radius 2 is 1.51 bits per heavy atom. The number of carbonyl (C=O) groups excluding carboxylic acids is 11. The van der Waals surface area contributed by atoms with Crippen molar-refractivity contribution in [3.8, 4) is 5.75 Å². The fraction of sp³-hybridized carbons (Fsp3) is 0.621. The molecule has 0 radical (unpaired) electrons. The summed E-state index contributed by atoms with van der Waals surface area (Å²) in [5.74, 6) is -8.19. The summed E-state index contributed by atoms with van der Waals surface area (Å²) in [6, 6.07) is 10.3. The molecule has 27 heteroatoms. The van der Waals surface area contributed by atoms with Crippen LogP contribution in [0.2, 0.25) is 5.02 Å². The van der Waals surface area contributed by atoms with E-state index in [4.69, 9.17) is 44.9 Å². The molecular formula is C66H90ClN5O21. The van der Waals surface area contributed by atoms with Crippen LogP contribution in [-0.2, 0) is 94.1 Å². The number of methoxy groups -OCH3 is 2. The number of carbonyl (C=O) groups is 11. The Kier molecular flexibility index (Phi) is 28.0. The van der Waals surface area contributed by atoms with Crippen LogP contribution in [-0.4, -0.2) is 174 Å². The quantitative estimate of drug-likeness (QED) is 0.0263. The van der Waals surface area contributed by atoms with Gasteiger partial charge in [-0.05, 0) is 92.7 Å². The van der Waals surface area contributed by atoms with Crippen molar-refractivity contribution >= 4 is 76.5 Å². The van der Waals surface area contributed by atoms with E-state index < -0.39 is 150 Å². The zero-order valence-corrected chi connectivity index (χ0v) is 54.9. The van der Waals surface area contributed by atoms with E-state index in [0.29, 0.717) is 34.2 Å². The van der Waals surface area contributed by atoms with Gasteiger partial charge in [-0.3, -0.25) is 43.2 Å². The van der Waals surface area contributed by atoms with Crippen molar-refractivity contribution in [2.75, 3.05) is 27.3 Å². The Hall–Kier alpha value is -7.20. The minimum atomic E-state index is -1.75. The number of esters is 2. The van der Waals surface area contributed by atoms with E-state index in [2.05, 4.69) is 21.3 Å². The molecule has 13 atom stereocenters. The highest BCUT2D eigenvalue weighted by atomic mass is 35.5. The fourth-order valence-corrected chi connectivity index (χ4v) is 11.3. The molecule has 4 heterocycles. The summed E-state index contributed by atoms with van der Waals surface area (Å²) in [5.41, 5.74) is 0.889. The highest BCUT2D eigenvalue weighted by Gasteiger charge is 2.49. The summed E-state index contributed by atoms with van der Waals surface area (Å²) >= 11 is 6.40. The summed E-state index contributed by atoms with van der Waals surface area (Å²) in [7, 11) is 2.67. The molecule has 7 N–H and O–H groups in total. The van der Waals surface area contributed by atoms with E-state index in [9.17, 15) is 68.1 Å². The Morgan fingerprint density at radius 3 is 2.15 bits per heavy atom. The molecule has 6 rings (SSSR count). The lowest BCUT2D eigenvalue weighted by molar-refractivity contribution is -0.283. The normalized spacial score (nSPS) is 25.8. The Bertz CT molecular complexity index is 3010. The number of nitrogens with zero attached hydrogens (tertiary/aromatic N) is 1. The Labute approximate surface area is 546 Å². The Morgan fingerprint density at radius 1 is 0.817 bits per heavy atom. The number of cyclic esters (lactones) is 2. The molecule has 0 spiro atoms. The van der Waals surface area contributed by atoms with Crippen molar-refractivity contribution in [2.45, 2.75) is 206 Å². The molecule has 2 aromatic rings. The molecule has 2 aromatic carbocycles. The molecule has 0 aromatic heterocycles. The van der Waals surface area contributed by atoms with Crippen LogP contribution in [0.15, 0.2) is 54.6 Å². The highest BCUT2D eigenvalue weighted by molar-refractivity contribution is 6.32. The summed E-state index contributed by atoms with van der Waals surface area (Å²) in [6.45, 7) is 12.1. The first-order valence-corrected chi connectivity index (χ1v) is 32.0. The number of halogens is 1. The molecule has 4 aliphatic rings. The third-order valence-corrected chi connectivity index (χ3v) is 17.1. The van der Waals surface area contributed by atoms with E-state index in [-0.39, 0.29) is 102 Å². The first kappa shape index (κ1) is 74.8. The maximum atomic E-state index is 14.3. The number of Topliss-reactive ketones (excluding diaryl/α,β-unsaturated/α-hetero) is 2. The number of aliphatic hydroxyl groups is 3. The maximum absolute atomic E-state index is 14.3. The van der Waals surface area contributed by atoms with Crippen molar-refractivity contribution in [3.05, 3.63) is 76.3 Å². The summed E-state index contributed by atoms with van der Waals surface area (Å²) in [4.78, 5) is 151. The van der Waals surface area contributed by atoms with Gasteiger partial charge >= 0.3 is 17.9 Å². The molecule has 0 aliphatic carbocycles. The minimum absolute atomic E-state index is 0.0130. The maximum Gasteiger partial charge on any atom is 0.347 e. The second-order valence-electron chi connectivity index (χ2n) is 25.5. The fourth-order valence-electron chi connectivity index (χ4n) is 11.1. The molecular weight excluding hydrogens is 1230 g/mol. The van der Waals surface area contributed by atoms with Crippen LogP contribution in [0.4, 0.5) is 0 Å². The standard InChI is InChI=1S/C66H90ClN5O21/c1-35(2)30-48-63(85)89-46(15-12-16-49(75)70-43(32-39-22-26-47(87-8)42(67)31-39)61(83)69-34-66(6,7)65(86)90-48)37(5)58-59(91-58)40-23-19-38(20-24-40)21-25-44(73)41(14-10-11-29-68-62(84)60-56(81)55(80)57(82)64(88-9)92-60)33-45(74)54(36(3)4)71-50(76)17-13-18-53(79)93-72-51(77)27-28-52(72)78/h12,16,19-20,22-24,26,31,35-37,41,43,46,48,54-60,64,80-82H,10-11,13-15,17-18,21,25,27-30,32-34H2,1-9H3,(H,68,84)(H,69,83)(H,70,75)(H,71,76)/b16-12+/t37-,41+,43+,46-,48-,54-,55-,56-,57+,58+,59+,60-,64+/m0/s1. The van der Waals surface area contributed by atoms with Crippen LogP contribution < -0.4 is 26.0 Å². The van der Waals surface area contributed by atoms with Gasteiger partial charge in [0.2, 0.25) is 17.7 Å². The van der Waals surface area contributed by atoms with Crippen molar-refractivity contribution in [1.29, 1.82) is 0 Å². The average molecular weight is 1320 g/mol. The number of ether oxygens (including phenoxy) is 6. The second-order valence-corrected chi connectivity index (χ2v) is 25.9. The topological polar surface area (TPSA) is 368 Å². The van der Waals surface area contributed by atoms with Gasteiger partial charge in [0.05, 0.1) is 29.7 Å². The summed E-state index contributed by atoms with van der Waals surface area (Å²) in [5, 5.41) is 42.5. The zero-order valence-electron chi connectivity index (χ0n) is 54.2. The van der Waals surface area contributed by atoms with E-state index in [0.717, 1.165) is 11.1 Å². The van der Waals surface area contributed by atoms with Gasteiger partial charge in [0.25, 0.3) is 17.7 Å². The van der Waals surface area contributed by atoms with E-state index in [1.165, 1.54) is 26.4 Å². The number of hydrogen-bond donors (Lipinski definition) is 7. The van der Waals surface area contributed by atoms with Crippen LogP contribution in [0.25, 0.3) is 0 Å². The van der Waals surface area contributed by atoms with Gasteiger partial charge in [0.15, 0.2) is 24.3 Å². The predicted molar refractivity (Wildman–Crippen MR) is 331 cm³/mol. The van der Waals surface area contributed by atoms with Crippen molar-refractivity contribution in [1.82, 2.24) is 26.3 Å². The number of aliphatic hydroxyl groups excluding tert-OH is 3. The van der Waals surface area contributed by atoms with Crippen molar-refractivity contribution < 1.29 is 101 Å². The smallest absolute Gasteiger partial charge is 0.347 e. The zero-order chi connectivity index (χ0) is 68.4. The molecule has 93 heavy (non-hydrogen) atoms. The van der Waals surface area contributed by atoms with Crippen LogP contribution in [0.5, 0.6) is 5.75 Å². The number of epoxide rings is 1. The monoisotopic (exact) mass is 1320 g/mol. The first-order chi connectivity index (χ1) is 44.0. The molecule has 3 saturated heterocycles. The average Bonchev–Trinajstić information content (AvgIpc) is 1.63. The van der Waals surface area contributed by atoms with Gasteiger partial charge in [-0.25, -0.2) is 9.59 Å². The largest absolute Gasteiger partial charge is 0.495 e. The van der Waals surface area contributed by atoms with Gasteiger partial charge < -0.3 is 69.8 Å². The van der Waals surface area contributed by atoms with Crippen LogP contribution in [0, 0.1) is 29.1 Å². The SMILES string of the molecule is COc1ccc(C[C@H]2NC(=O)/C=C/C[C@@H]([C@H](C)[C@H]3O[C@@H]3c3ccc(CCC(=O)[C@H](CCCCNC(=O)[C@H]4O[C@@H](OC)[C@H](O)[C@@H](O)[C@@H]4O)CC(=O)[C@@H](NC(=O)CCCC(=O)ON4C(=O)CCC4=O)C(C)C)cc3)OC(=O)[C@H](CC(C)C)OC(=O)C(C)(C)CNC2=O)cc1Cl. The molecule has 6 amide bonds. The third-order valence-electron chi connectivity index (χ3n) is 16.8. The molecule has 512 valence electrons. The number of hydrogen-bond acceptors (Lipinski definition) is 21. The van der Waals surface area contributed by atoms with Gasteiger partial charge in [-0.1, -0.05) is 89.0 Å². The lowest BCUT2D eigenvalue weighted by Crippen LogP contribution is -2.61. The third kappa shape index (κ3) is 21.7. The second kappa shape index (κ2) is 34.8. The van der Waals surface area contributed by atoms with Crippen LogP contribution in [0.3, 0.4) is 0 Å². The predicted octanol–water partition coefficient (Wildman–Crippen LogP) is 3.86. The number of amides is 6. The molecule has 3 fully saturated rings. The molecule has 0 bridgehead atoms. The number of unbranched alkanes of at least 4 members (excludes halogenated alkanes) is 1. The lowest BCUT2D eigenvalue weighted by Gasteiger charge is -2.38. The lowest BCUT2D eigenvalue weighted by atomic mass is 9.85. The van der Waals surface area contributed by atoms with Gasteiger partial charge in [-0.15, -0.1) is 5.06 Å². The van der Waals surface area contributed by atoms with Crippen molar-refractivity contribution in [3.63, 3.8) is 0 Å². The van der Waals surface area contributed by atoms with Crippen molar-refractivity contribution in [2.24, 2.45) is 29.1 Å². The van der Waals surface area contributed by atoms with Crippen LogP contribution in [0.1, 0.15) is 148 Å². The minimum Gasteiger partial charge on any atom is -0.495 e. The molecule has 0 unspecified atom stereocenters. The Balaban J connectivity index is 1.11. The molecule has 0 saturated carbocycles. The van der Waals surface area contributed by atoms with E-state index in [1.54, 1.807) is 45.9 Å². The van der Waals surface area contributed by atoms with Crippen LogP contribution >= 0.6 is 11.6 Å².